The summed E-state index contributed by atoms with van der Waals surface area (Å²) in [6.45, 7) is 6.10. The molecule has 0 spiro atoms. The fourth-order valence-electron chi connectivity index (χ4n) is 2.13. The van der Waals surface area contributed by atoms with Crippen molar-refractivity contribution in [2.45, 2.75) is 26.9 Å². The molecule has 9 heteroatoms. The third-order valence-electron chi connectivity index (χ3n) is 3.23. The summed E-state index contributed by atoms with van der Waals surface area (Å²) in [5.41, 5.74) is 0. The predicted octanol–water partition coefficient (Wildman–Crippen LogP) is 3.31. The van der Waals surface area contributed by atoms with Crippen molar-refractivity contribution >= 4 is 41.3 Å². The van der Waals surface area contributed by atoms with Gasteiger partial charge in [0.15, 0.2) is 11.7 Å². The van der Waals surface area contributed by atoms with Gasteiger partial charge in [-0.1, -0.05) is 0 Å². The van der Waals surface area contributed by atoms with Crippen molar-refractivity contribution in [2.75, 3.05) is 6.54 Å². The molecule has 0 radical (unpaired) electrons. The second-order valence-corrected chi connectivity index (χ2v) is 6.52. The number of thiophene rings is 1. The zero-order valence-electron chi connectivity index (χ0n) is 14.1. The molecule has 0 atom stereocenters. The lowest BCUT2D eigenvalue weighted by Crippen LogP contribution is -2.36. The van der Waals surface area contributed by atoms with Crippen LogP contribution in [0.2, 0.25) is 0 Å². The number of hydrogen-bond acceptors (Lipinski definition) is 5. The molecule has 0 amide bonds. The van der Waals surface area contributed by atoms with Gasteiger partial charge in [-0.15, -0.1) is 40.4 Å². The molecule has 3 aromatic rings. The number of aliphatic imine (C=N–C) groups is 1. The van der Waals surface area contributed by atoms with Crippen LogP contribution in [-0.4, -0.2) is 27.7 Å². The van der Waals surface area contributed by atoms with Gasteiger partial charge in [-0.25, -0.2) is 9.98 Å². The number of aromatic nitrogens is 3. The van der Waals surface area contributed by atoms with Crippen molar-refractivity contribution in [3.8, 4) is 11.6 Å². The molecule has 0 fully saturated rings. The van der Waals surface area contributed by atoms with Crippen molar-refractivity contribution < 1.29 is 4.42 Å². The van der Waals surface area contributed by atoms with E-state index in [0.717, 1.165) is 19.0 Å². The molecule has 7 nitrogen and oxygen atoms in total. The topological polar surface area (TPSA) is 91.1 Å². The maximum absolute atomic E-state index is 5.28. The predicted molar refractivity (Wildman–Crippen MR) is 110 cm³/mol. The Hall–Kier alpha value is -1.88. The van der Waals surface area contributed by atoms with Crippen LogP contribution in [0.25, 0.3) is 11.6 Å². The lowest BCUT2D eigenvalue weighted by molar-refractivity contribution is 0.577. The minimum Gasteiger partial charge on any atom is -0.461 e. The highest BCUT2D eigenvalue weighted by atomic mass is 127. The van der Waals surface area contributed by atoms with Crippen LogP contribution in [0, 0.1) is 6.92 Å². The Kier molecular flexibility index (Phi) is 7.44. The van der Waals surface area contributed by atoms with Gasteiger partial charge < -0.3 is 15.1 Å². The van der Waals surface area contributed by atoms with Gasteiger partial charge in [0.2, 0.25) is 5.82 Å². The van der Waals surface area contributed by atoms with E-state index in [0.29, 0.717) is 24.0 Å². The van der Waals surface area contributed by atoms with E-state index >= 15 is 0 Å². The first-order valence-corrected chi connectivity index (χ1v) is 8.59. The average molecular weight is 472 g/mol. The summed E-state index contributed by atoms with van der Waals surface area (Å²) in [7, 11) is 0. The maximum atomic E-state index is 5.28. The van der Waals surface area contributed by atoms with E-state index in [1.807, 2.05) is 19.1 Å². The van der Waals surface area contributed by atoms with Gasteiger partial charge in [0.25, 0.3) is 0 Å². The summed E-state index contributed by atoms with van der Waals surface area (Å²) in [6, 6.07) is 7.88. The fourth-order valence-corrected chi connectivity index (χ4v) is 2.96. The minimum atomic E-state index is 0. The Balaban J connectivity index is 0.00000225. The number of aromatic amines is 1. The van der Waals surface area contributed by atoms with Gasteiger partial charge in [0, 0.05) is 16.3 Å². The summed E-state index contributed by atoms with van der Waals surface area (Å²) < 4.78 is 5.28. The zero-order chi connectivity index (χ0) is 16.8. The molecule has 0 aromatic carbocycles. The van der Waals surface area contributed by atoms with Crippen LogP contribution in [0.1, 0.15) is 22.5 Å². The number of nitrogens with zero attached hydrogens (tertiary/aromatic N) is 3. The molecule has 0 aliphatic heterocycles. The SMILES string of the molecule is CCNC(=NCc1nc(-c2ccco2)n[nH]1)NCc1ccc(C)s1.I. The van der Waals surface area contributed by atoms with Gasteiger partial charge >= 0.3 is 0 Å². The number of furan rings is 1. The van der Waals surface area contributed by atoms with Crippen LogP contribution in [0.5, 0.6) is 0 Å². The normalized spacial score (nSPS) is 11.2. The number of rotatable bonds is 6. The molecule has 3 N–H and O–H groups in total. The molecule has 3 aromatic heterocycles. The maximum Gasteiger partial charge on any atom is 0.216 e. The lowest BCUT2D eigenvalue weighted by Gasteiger charge is -2.09. The first kappa shape index (κ1) is 19.4. The first-order valence-electron chi connectivity index (χ1n) is 7.77. The molecular formula is C16H21IN6OS. The van der Waals surface area contributed by atoms with Crippen LogP contribution in [0.3, 0.4) is 0 Å². The van der Waals surface area contributed by atoms with E-state index in [4.69, 9.17) is 4.42 Å². The fraction of sp³-hybridized carbons (Fsp3) is 0.312. The number of guanidine groups is 1. The number of nitrogens with one attached hydrogen (secondary N) is 3. The largest absolute Gasteiger partial charge is 0.461 e. The number of hydrogen-bond donors (Lipinski definition) is 3. The van der Waals surface area contributed by atoms with Crippen molar-refractivity contribution in [1.29, 1.82) is 0 Å². The molecule has 0 unspecified atom stereocenters. The van der Waals surface area contributed by atoms with Crippen LogP contribution in [0.4, 0.5) is 0 Å². The van der Waals surface area contributed by atoms with E-state index < -0.39 is 0 Å². The average Bonchev–Trinajstić information content (AvgIpc) is 3.31. The highest BCUT2D eigenvalue weighted by molar-refractivity contribution is 14.0. The first-order chi connectivity index (χ1) is 11.7. The van der Waals surface area contributed by atoms with E-state index in [1.165, 1.54) is 9.75 Å². The molecule has 134 valence electrons. The van der Waals surface area contributed by atoms with Gasteiger partial charge in [-0.05, 0) is 38.1 Å². The summed E-state index contributed by atoms with van der Waals surface area (Å²) >= 11 is 1.78. The minimum absolute atomic E-state index is 0. The second kappa shape index (κ2) is 9.56. The number of aryl methyl sites for hydroxylation is 1. The van der Waals surface area contributed by atoms with Gasteiger partial charge in [-0.2, -0.15) is 0 Å². The van der Waals surface area contributed by atoms with Crippen LogP contribution in [-0.2, 0) is 13.1 Å². The molecular weight excluding hydrogens is 451 g/mol. The van der Waals surface area contributed by atoms with Crippen molar-refractivity contribution in [2.24, 2.45) is 4.99 Å². The van der Waals surface area contributed by atoms with Gasteiger partial charge in [-0.3, -0.25) is 5.10 Å². The number of halogens is 1. The van der Waals surface area contributed by atoms with Gasteiger partial charge in [0.05, 0.1) is 12.8 Å². The van der Waals surface area contributed by atoms with E-state index in [1.54, 1.807) is 17.6 Å². The number of H-pyrrole nitrogens is 1. The van der Waals surface area contributed by atoms with Crippen LogP contribution < -0.4 is 10.6 Å². The molecule has 0 aliphatic carbocycles. The van der Waals surface area contributed by atoms with Crippen LogP contribution in [0.15, 0.2) is 39.9 Å². The summed E-state index contributed by atoms with van der Waals surface area (Å²) in [6.07, 6.45) is 1.60. The molecule has 3 rings (SSSR count). The lowest BCUT2D eigenvalue weighted by atomic mass is 10.4. The molecule has 0 saturated heterocycles. The Bertz CT molecular complexity index is 795. The summed E-state index contributed by atoms with van der Waals surface area (Å²) in [5, 5.41) is 13.6. The second-order valence-electron chi connectivity index (χ2n) is 5.14. The molecule has 3 heterocycles. The monoisotopic (exact) mass is 472 g/mol. The van der Waals surface area contributed by atoms with E-state index in [-0.39, 0.29) is 24.0 Å². The van der Waals surface area contributed by atoms with Crippen molar-refractivity contribution in [3.63, 3.8) is 0 Å². The Morgan fingerprint density at radius 2 is 2.20 bits per heavy atom. The highest BCUT2D eigenvalue weighted by Crippen LogP contribution is 2.15. The van der Waals surface area contributed by atoms with Crippen molar-refractivity contribution in [1.82, 2.24) is 25.8 Å². The smallest absolute Gasteiger partial charge is 0.216 e. The Morgan fingerprint density at radius 3 is 2.88 bits per heavy atom. The summed E-state index contributed by atoms with van der Waals surface area (Å²) in [5.74, 6) is 2.61. The zero-order valence-corrected chi connectivity index (χ0v) is 17.2. The third kappa shape index (κ3) is 5.56. The Labute approximate surface area is 167 Å². The van der Waals surface area contributed by atoms with E-state index in [2.05, 4.69) is 49.9 Å². The Morgan fingerprint density at radius 1 is 1.32 bits per heavy atom. The standard InChI is InChI=1S/C16H20N6OS.HI/c1-3-17-16(18-9-12-7-6-11(2)24-12)19-10-14-20-15(22-21-14)13-5-4-8-23-13;/h4-8H,3,9-10H2,1-2H3,(H2,17,18,19)(H,20,21,22);1H. The van der Waals surface area contributed by atoms with Crippen LogP contribution >= 0.6 is 35.3 Å². The molecule has 0 saturated carbocycles. The quantitative estimate of drug-likeness (QED) is 0.291. The molecule has 0 bridgehead atoms. The third-order valence-corrected chi connectivity index (χ3v) is 4.23. The summed E-state index contributed by atoms with van der Waals surface area (Å²) in [4.78, 5) is 11.5. The highest BCUT2D eigenvalue weighted by Gasteiger charge is 2.08. The van der Waals surface area contributed by atoms with Crippen molar-refractivity contribution in [3.05, 3.63) is 46.1 Å². The molecule has 0 aliphatic rings. The molecule has 25 heavy (non-hydrogen) atoms. The van der Waals surface area contributed by atoms with Gasteiger partial charge in [0.1, 0.15) is 12.4 Å². The van der Waals surface area contributed by atoms with E-state index in [9.17, 15) is 0 Å².